The van der Waals surface area contributed by atoms with Gasteiger partial charge in [-0.25, -0.2) is 0 Å². The average Bonchev–Trinajstić information content (AvgIpc) is 2.38. The zero-order valence-electron chi connectivity index (χ0n) is 10.5. The van der Waals surface area contributed by atoms with Crippen LogP contribution in [0.15, 0.2) is 12.1 Å². The minimum absolute atomic E-state index is 0.0413. The number of rotatable bonds is 4. The van der Waals surface area contributed by atoms with E-state index in [4.69, 9.17) is 11.0 Å². The van der Waals surface area contributed by atoms with Crippen LogP contribution in [-0.4, -0.2) is 19.4 Å². The molecule has 1 rings (SSSR count). The number of nitriles is 1. The molecule has 20 heavy (non-hydrogen) atoms. The Hall–Kier alpha value is -2.27. The van der Waals surface area contributed by atoms with Crippen molar-refractivity contribution in [1.29, 1.82) is 5.26 Å². The number of benzene rings is 1. The predicted molar refractivity (Wildman–Crippen MR) is 61.5 cm³/mol. The molecule has 0 aliphatic rings. The van der Waals surface area contributed by atoms with Gasteiger partial charge in [-0.2, -0.15) is 5.26 Å². The first-order valence-corrected chi connectivity index (χ1v) is 5.39. The van der Waals surface area contributed by atoms with Gasteiger partial charge in [-0.15, -0.1) is 13.2 Å². The van der Waals surface area contributed by atoms with Crippen molar-refractivity contribution < 1.29 is 27.4 Å². The number of nitrogens with zero attached hydrogens (tertiary/aromatic N) is 1. The van der Waals surface area contributed by atoms with Crippen LogP contribution in [0.1, 0.15) is 16.7 Å². The van der Waals surface area contributed by atoms with E-state index in [0.29, 0.717) is 0 Å². The Bertz CT molecular complexity index is 550. The summed E-state index contributed by atoms with van der Waals surface area (Å²) in [7, 11) is 1.11. The summed E-state index contributed by atoms with van der Waals surface area (Å²) in [6.45, 7) is -0.330. The molecule has 0 amide bonds. The van der Waals surface area contributed by atoms with E-state index in [1.807, 2.05) is 0 Å². The molecule has 0 bridgehead atoms. The molecule has 2 N–H and O–H groups in total. The molecular weight excluding hydrogens is 277 g/mol. The second kappa shape index (κ2) is 6.25. The van der Waals surface area contributed by atoms with Crippen molar-refractivity contribution in [3.63, 3.8) is 0 Å². The van der Waals surface area contributed by atoms with Crippen LogP contribution in [0.2, 0.25) is 0 Å². The third-order valence-corrected chi connectivity index (χ3v) is 2.45. The fraction of sp³-hybridized carbons (Fsp3) is 0.333. The van der Waals surface area contributed by atoms with Gasteiger partial charge in [-0.05, 0) is 6.07 Å². The maximum atomic E-state index is 12.4. The second-order valence-electron chi connectivity index (χ2n) is 3.70. The summed E-state index contributed by atoms with van der Waals surface area (Å²) in [6, 6.07) is 4.21. The van der Waals surface area contributed by atoms with Gasteiger partial charge >= 0.3 is 12.3 Å². The number of ether oxygens (including phenoxy) is 2. The van der Waals surface area contributed by atoms with Crippen LogP contribution in [0.25, 0.3) is 0 Å². The summed E-state index contributed by atoms with van der Waals surface area (Å²) >= 11 is 0. The highest BCUT2D eigenvalue weighted by Crippen LogP contribution is 2.32. The average molecular weight is 288 g/mol. The Balaban J connectivity index is 3.36. The van der Waals surface area contributed by atoms with E-state index in [1.54, 1.807) is 6.07 Å². The lowest BCUT2D eigenvalue weighted by Crippen LogP contribution is -2.21. The van der Waals surface area contributed by atoms with Gasteiger partial charge in [0, 0.05) is 17.7 Å². The molecular formula is C12H11F3N2O3. The number of nitrogens with two attached hydrogens (primary N) is 1. The van der Waals surface area contributed by atoms with Crippen molar-refractivity contribution in [2.24, 2.45) is 5.73 Å². The molecule has 0 saturated heterocycles. The predicted octanol–water partition coefficient (Wildman–Crippen LogP) is 1.63. The van der Waals surface area contributed by atoms with Crippen LogP contribution in [0, 0.1) is 11.3 Å². The Morgan fingerprint density at radius 2 is 2.10 bits per heavy atom. The first kappa shape index (κ1) is 15.8. The molecule has 0 unspecified atom stereocenters. The van der Waals surface area contributed by atoms with E-state index in [2.05, 4.69) is 9.47 Å². The molecule has 0 fully saturated rings. The quantitative estimate of drug-likeness (QED) is 0.851. The highest BCUT2D eigenvalue weighted by atomic mass is 19.4. The van der Waals surface area contributed by atoms with Crippen molar-refractivity contribution in [2.75, 3.05) is 7.11 Å². The molecule has 1 aromatic rings. The van der Waals surface area contributed by atoms with Gasteiger partial charge in [0.1, 0.15) is 5.75 Å². The lowest BCUT2D eigenvalue weighted by molar-refractivity contribution is -0.275. The van der Waals surface area contributed by atoms with Gasteiger partial charge in [0.25, 0.3) is 0 Å². The minimum Gasteiger partial charge on any atom is -0.469 e. The number of carbonyl (C=O) groups is 1. The van der Waals surface area contributed by atoms with Gasteiger partial charge < -0.3 is 15.2 Å². The molecule has 0 heterocycles. The Labute approximate surface area is 112 Å². The monoisotopic (exact) mass is 288 g/mol. The van der Waals surface area contributed by atoms with Gasteiger partial charge in [0.05, 0.1) is 25.2 Å². The Morgan fingerprint density at radius 1 is 1.45 bits per heavy atom. The highest BCUT2D eigenvalue weighted by Gasteiger charge is 2.34. The maximum absolute atomic E-state index is 12.4. The van der Waals surface area contributed by atoms with Gasteiger partial charge in [-0.3, -0.25) is 4.79 Å². The number of esters is 1. The van der Waals surface area contributed by atoms with E-state index in [1.165, 1.54) is 12.1 Å². The van der Waals surface area contributed by atoms with Crippen LogP contribution in [0.3, 0.4) is 0 Å². The fourth-order valence-corrected chi connectivity index (χ4v) is 1.59. The first-order valence-electron chi connectivity index (χ1n) is 5.39. The first-order chi connectivity index (χ1) is 9.32. The Morgan fingerprint density at radius 3 is 2.55 bits per heavy atom. The number of hydrogen-bond donors (Lipinski definition) is 1. The maximum Gasteiger partial charge on any atom is 0.573 e. The molecule has 0 atom stereocenters. The molecule has 5 nitrogen and oxygen atoms in total. The second-order valence-corrected chi connectivity index (χ2v) is 3.70. The zero-order chi connectivity index (χ0) is 15.3. The minimum atomic E-state index is -4.96. The van der Waals surface area contributed by atoms with Crippen LogP contribution in [-0.2, 0) is 22.5 Å². The largest absolute Gasteiger partial charge is 0.573 e. The fourth-order valence-electron chi connectivity index (χ4n) is 1.59. The van der Waals surface area contributed by atoms with Gasteiger partial charge in [0.2, 0.25) is 0 Å². The number of hydrogen-bond acceptors (Lipinski definition) is 5. The standard InChI is InChI=1S/C12H11F3N2O3/c1-19-10(18)4-7-2-3-8(5-16)9(6-17)11(7)20-12(13,14)15/h2-3H,4,6,17H2,1H3. The van der Waals surface area contributed by atoms with Crippen LogP contribution < -0.4 is 10.5 Å². The van der Waals surface area contributed by atoms with E-state index >= 15 is 0 Å². The summed E-state index contributed by atoms with van der Waals surface area (Å²) < 4.78 is 45.6. The van der Waals surface area contributed by atoms with Crippen LogP contribution in [0.4, 0.5) is 13.2 Å². The van der Waals surface area contributed by atoms with Crippen molar-refractivity contribution in [2.45, 2.75) is 19.3 Å². The molecule has 0 aliphatic heterocycles. The van der Waals surface area contributed by atoms with Crippen molar-refractivity contribution in [1.82, 2.24) is 0 Å². The van der Waals surface area contributed by atoms with E-state index < -0.39 is 24.5 Å². The van der Waals surface area contributed by atoms with Crippen LogP contribution >= 0.6 is 0 Å². The summed E-state index contributed by atoms with van der Waals surface area (Å²) in [6.07, 6.45) is -5.37. The third-order valence-electron chi connectivity index (χ3n) is 2.45. The molecule has 0 aliphatic carbocycles. The van der Waals surface area contributed by atoms with Crippen molar-refractivity contribution in [3.05, 3.63) is 28.8 Å². The van der Waals surface area contributed by atoms with Gasteiger partial charge in [-0.1, -0.05) is 6.07 Å². The highest BCUT2D eigenvalue weighted by molar-refractivity contribution is 5.74. The molecule has 0 aromatic heterocycles. The topological polar surface area (TPSA) is 85.3 Å². The van der Waals surface area contributed by atoms with E-state index in [-0.39, 0.29) is 23.2 Å². The Kier molecular flexibility index (Phi) is 4.94. The third kappa shape index (κ3) is 3.86. The summed E-state index contributed by atoms with van der Waals surface area (Å²) in [5.74, 6) is -1.35. The van der Waals surface area contributed by atoms with Crippen molar-refractivity contribution in [3.8, 4) is 11.8 Å². The lowest BCUT2D eigenvalue weighted by Gasteiger charge is -2.17. The molecule has 1 aromatic carbocycles. The number of carbonyl (C=O) groups excluding carboxylic acids is 1. The molecule has 108 valence electrons. The number of alkyl halides is 3. The molecule has 0 saturated carbocycles. The lowest BCUT2D eigenvalue weighted by atomic mass is 10.0. The summed E-state index contributed by atoms with van der Waals surface area (Å²) in [4.78, 5) is 11.2. The van der Waals surface area contributed by atoms with Crippen LogP contribution in [0.5, 0.6) is 5.75 Å². The van der Waals surface area contributed by atoms with Gasteiger partial charge in [0.15, 0.2) is 0 Å². The smallest absolute Gasteiger partial charge is 0.469 e. The zero-order valence-corrected chi connectivity index (χ0v) is 10.5. The molecule has 0 radical (unpaired) electrons. The van der Waals surface area contributed by atoms with E-state index in [9.17, 15) is 18.0 Å². The summed E-state index contributed by atoms with van der Waals surface area (Å²) in [5.41, 5.74) is 5.17. The molecule has 8 heteroatoms. The van der Waals surface area contributed by atoms with E-state index in [0.717, 1.165) is 7.11 Å². The number of methoxy groups -OCH3 is 1. The van der Waals surface area contributed by atoms with Crippen molar-refractivity contribution >= 4 is 5.97 Å². The number of halogens is 3. The molecule has 0 spiro atoms. The SMILES string of the molecule is COC(=O)Cc1ccc(C#N)c(CN)c1OC(F)(F)F. The summed E-state index contributed by atoms with van der Waals surface area (Å²) in [5, 5.41) is 8.86. The normalized spacial score (nSPS) is 10.8.